The summed E-state index contributed by atoms with van der Waals surface area (Å²) < 4.78 is 13.4. The maximum Gasteiger partial charge on any atom is 0.314 e. The largest absolute Gasteiger partial charge is 0.481 e. The normalized spacial score (nSPS) is 14.2. The molecule has 1 unspecified atom stereocenters. The smallest absolute Gasteiger partial charge is 0.314 e. The van der Waals surface area contributed by atoms with Crippen molar-refractivity contribution < 1.29 is 14.3 Å². The van der Waals surface area contributed by atoms with E-state index >= 15 is 0 Å². The minimum absolute atomic E-state index is 0.344. The van der Waals surface area contributed by atoms with E-state index in [2.05, 4.69) is 0 Å². The van der Waals surface area contributed by atoms with E-state index < -0.39 is 17.2 Å². The Morgan fingerprint density at radius 1 is 1.44 bits per heavy atom. The number of benzene rings is 1. The molecule has 0 spiro atoms. The van der Waals surface area contributed by atoms with Crippen LogP contribution in [0.15, 0.2) is 18.2 Å². The summed E-state index contributed by atoms with van der Waals surface area (Å²) in [4.78, 5) is 11.6. The van der Waals surface area contributed by atoms with E-state index in [0.29, 0.717) is 24.1 Å². The monoisotopic (exact) mass is 253 g/mol. The number of unbranched alkanes of at least 4 members (excludes halogenated alkanes) is 1. The van der Waals surface area contributed by atoms with Crippen LogP contribution in [0.4, 0.5) is 10.1 Å². The Balaban J connectivity index is 3.32. The molecule has 0 aromatic heterocycles. The highest BCUT2D eigenvalue weighted by Crippen LogP contribution is 2.37. The molecule has 0 aliphatic heterocycles. The summed E-state index contributed by atoms with van der Waals surface area (Å²) in [6.45, 7) is 3.80. The van der Waals surface area contributed by atoms with Gasteiger partial charge in [-0.3, -0.25) is 4.79 Å². The minimum Gasteiger partial charge on any atom is -0.481 e. The lowest BCUT2D eigenvalue weighted by molar-refractivity contribution is -0.144. The lowest BCUT2D eigenvalue weighted by Crippen LogP contribution is -2.36. The zero-order valence-electron chi connectivity index (χ0n) is 10.9. The number of hydrogen-bond acceptors (Lipinski definition) is 2. The SMILES string of the molecule is CCCCC(CC)(C(=O)O)c1cc(F)ccc1N. The Bertz CT molecular complexity index is 434. The molecule has 3 N–H and O–H groups in total. The van der Waals surface area contributed by atoms with Crippen LogP contribution in [0.3, 0.4) is 0 Å². The molecule has 0 fully saturated rings. The van der Waals surface area contributed by atoms with Crippen molar-refractivity contribution in [2.45, 2.75) is 44.9 Å². The van der Waals surface area contributed by atoms with Crippen LogP contribution in [-0.4, -0.2) is 11.1 Å². The highest BCUT2D eigenvalue weighted by atomic mass is 19.1. The molecule has 0 saturated carbocycles. The second-order valence-corrected chi connectivity index (χ2v) is 4.58. The summed E-state index contributed by atoms with van der Waals surface area (Å²) in [5.41, 5.74) is 5.49. The van der Waals surface area contributed by atoms with Gasteiger partial charge in [0.15, 0.2) is 0 Å². The average Bonchev–Trinajstić information content (AvgIpc) is 2.34. The number of carboxylic acids is 1. The molecule has 0 bridgehead atoms. The molecule has 1 rings (SSSR count). The van der Waals surface area contributed by atoms with Crippen LogP contribution < -0.4 is 5.73 Å². The predicted molar refractivity (Wildman–Crippen MR) is 69.9 cm³/mol. The molecule has 1 aromatic rings. The molecule has 0 radical (unpaired) electrons. The van der Waals surface area contributed by atoms with Gasteiger partial charge in [0.05, 0.1) is 5.41 Å². The number of rotatable bonds is 6. The summed E-state index contributed by atoms with van der Waals surface area (Å²) in [7, 11) is 0. The van der Waals surface area contributed by atoms with Crippen molar-refractivity contribution in [2.75, 3.05) is 5.73 Å². The first kappa shape index (κ1) is 14.5. The number of hydrogen-bond donors (Lipinski definition) is 2. The molecular formula is C14H20FNO2. The Kier molecular flexibility index (Phi) is 4.70. The van der Waals surface area contributed by atoms with E-state index in [4.69, 9.17) is 5.73 Å². The first-order valence-corrected chi connectivity index (χ1v) is 6.26. The summed E-state index contributed by atoms with van der Waals surface area (Å²) in [6, 6.07) is 3.94. The molecule has 0 heterocycles. The van der Waals surface area contributed by atoms with E-state index in [1.165, 1.54) is 18.2 Å². The van der Waals surface area contributed by atoms with Crippen molar-refractivity contribution in [2.24, 2.45) is 0 Å². The van der Waals surface area contributed by atoms with Gasteiger partial charge in [0, 0.05) is 5.69 Å². The lowest BCUT2D eigenvalue weighted by Gasteiger charge is -2.30. The molecule has 0 saturated heterocycles. The van der Waals surface area contributed by atoms with Gasteiger partial charge < -0.3 is 10.8 Å². The zero-order valence-corrected chi connectivity index (χ0v) is 10.9. The third-order valence-electron chi connectivity index (χ3n) is 3.50. The molecule has 0 aliphatic rings. The van der Waals surface area contributed by atoms with Crippen LogP contribution in [0, 0.1) is 5.82 Å². The van der Waals surface area contributed by atoms with Crippen LogP contribution >= 0.6 is 0 Å². The third kappa shape index (κ3) is 2.63. The Morgan fingerprint density at radius 3 is 2.61 bits per heavy atom. The topological polar surface area (TPSA) is 63.3 Å². The van der Waals surface area contributed by atoms with E-state index in [0.717, 1.165) is 12.8 Å². The fourth-order valence-corrected chi connectivity index (χ4v) is 2.30. The molecule has 0 amide bonds. The number of nitrogen functional groups attached to an aromatic ring is 1. The van der Waals surface area contributed by atoms with Gasteiger partial charge in [-0.2, -0.15) is 0 Å². The number of aliphatic carboxylic acids is 1. The minimum atomic E-state index is -1.08. The summed E-state index contributed by atoms with van der Waals surface area (Å²) >= 11 is 0. The molecule has 18 heavy (non-hydrogen) atoms. The van der Waals surface area contributed by atoms with Crippen LogP contribution in [-0.2, 0) is 10.2 Å². The Morgan fingerprint density at radius 2 is 2.11 bits per heavy atom. The van der Waals surface area contributed by atoms with Crippen molar-refractivity contribution in [3.05, 3.63) is 29.6 Å². The number of halogens is 1. The third-order valence-corrected chi connectivity index (χ3v) is 3.50. The number of carboxylic acid groups (broad SMARTS) is 1. The highest BCUT2D eigenvalue weighted by molar-refractivity contribution is 5.83. The number of carbonyl (C=O) groups is 1. The van der Waals surface area contributed by atoms with Gasteiger partial charge in [-0.15, -0.1) is 0 Å². The van der Waals surface area contributed by atoms with Gasteiger partial charge in [0.1, 0.15) is 5.82 Å². The molecule has 0 aliphatic carbocycles. The average molecular weight is 253 g/mol. The molecule has 100 valence electrons. The van der Waals surface area contributed by atoms with Crippen molar-refractivity contribution >= 4 is 11.7 Å². The van der Waals surface area contributed by atoms with Gasteiger partial charge in [-0.25, -0.2) is 4.39 Å². The zero-order chi connectivity index (χ0) is 13.8. The van der Waals surface area contributed by atoms with Crippen LogP contribution in [0.2, 0.25) is 0 Å². The molecule has 3 nitrogen and oxygen atoms in total. The van der Waals surface area contributed by atoms with Gasteiger partial charge >= 0.3 is 5.97 Å². The molecular weight excluding hydrogens is 233 g/mol. The van der Waals surface area contributed by atoms with E-state index in [1.54, 1.807) is 6.92 Å². The molecule has 4 heteroatoms. The Labute approximate surface area is 107 Å². The van der Waals surface area contributed by atoms with E-state index in [1.807, 2.05) is 6.92 Å². The first-order valence-electron chi connectivity index (χ1n) is 6.26. The van der Waals surface area contributed by atoms with Gasteiger partial charge in [0.25, 0.3) is 0 Å². The molecule has 1 aromatic carbocycles. The summed E-state index contributed by atoms with van der Waals surface area (Å²) in [6.07, 6.45) is 2.54. The second-order valence-electron chi connectivity index (χ2n) is 4.58. The van der Waals surface area contributed by atoms with Gasteiger partial charge in [-0.05, 0) is 36.6 Å². The quantitative estimate of drug-likeness (QED) is 0.764. The number of anilines is 1. The van der Waals surface area contributed by atoms with Crippen LogP contribution in [0.5, 0.6) is 0 Å². The van der Waals surface area contributed by atoms with Gasteiger partial charge in [0.2, 0.25) is 0 Å². The summed E-state index contributed by atoms with van der Waals surface area (Å²) in [5.74, 6) is -1.38. The lowest BCUT2D eigenvalue weighted by atomic mass is 9.73. The highest BCUT2D eigenvalue weighted by Gasteiger charge is 2.39. The first-order chi connectivity index (χ1) is 8.47. The summed E-state index contributed by atoms with van der Waals surface area (Å²) in [5, 5.41) is 9.54. The van der Waals surface area contributed by atoms with Gasteiger partial charge in [-0.1, -0.05) is 26.7 Å². The predicted octanol–water partition coefficient (Wildman–Crippen LogP) is 3.33. The van der Waals surface area contributed by atoms with Crippen LogP contribution in [0.25, 0.3) is 0 Å². The maximum atomic E-state index is 13.4. The number of nitrogens with two attached hydrogens (primary N) is 1. The van der Waals surface area contributed by atoms with Crippen LogP contribution in [0.1, 0.15) is 45.1 Å². The van der Waals surface area contributed by atoms with Crippen molar-refractivity contribution in [3.8, 4) is 0 Å². The maximum absolute atomic E-state index is 13.4. The second kappa shape index (κ2) is 5.85. The van der Waals surface area contributed by atoms with Crippen molar-refractivity contribution in [3.63, 3.8) is 0 Å². The fourth-order valence-electron chi connectivity index (χ4n) is 2.30. The van der Waals surface area contributed by atoms with E-state index in [-0.39, 0.29) is 0 Å². The Hall–Kier alpha value is -1.58. The standard InChI is InChI=1S/C14H20FNO2/c1-3-5-8-14(4-2,13(17)18)11-9-10(15)6-7-12(11)16/h6-7,9H,3-5,8,16H2,1-2H3,(H,17,18). The van der Waals surface area contributed by atoms with Crippen molar-refractivity contribution in [1.82, 2.24) is 0 Å². The molecule has 1 atom stereocenters. The van der Waals surface area contributed by atoms with E-state index in [9.17, 15) is 14.3 Å². The van der Waals surface area contributed by atoms with Crippen molar-refractivity contribution in [1.29, 1.82) is 0 Å². The fraction of sp³-hybridized carbons (Fsp3) is 0.500.